The smallest absolute Gasteiger partial charge is 0.160 e. The number of halogens is 2. The molecule has 1 aromatic rings. The molecule has 0 aliphatic carbocycles. The van der Waals surface area contributed by atoms with Crippen LogP contribution < -0.4 is 5.32 Å². The van der Waals surface area contributed by atoms with Gasteiger partial charge in [0.25, 0.3) is 0 Å². The number of hydrogen-bond acceptors (Lipinski definition) is 1. The van der Waals surface area contributed by atoms with Crippen LogP contribution in [0.5, 0.6) is 0 Å². The van der Waals surface area contributed by atoms with E-state index < -0.39 is 11.6 Å². The van der Waals surface area contributed by atoms with Crippen molar-refractivity contribution in [3.8, 4) is 0 Å². The molecular weight excluding hydrogens is 184 g/mol. The first-order valence-electron chi connectivity index (χ1n) is 4.92. The number of hydrogen-bond donors (Lipinski definition) is 1. The normalized spacial score (nSPS) is 20.1. The second kappa shape index (κ2) is 3.56. The van der Waals surface area contributed by atoms with Gasteiger partial charge >= 0.3 is 0 Å². The fourth-order valence-corrected chi connectivity index (χ4v) is 1.85. The van der Waals surface area contributed by atoms with Crippen molar-refractivity contribution in [1.82, 2.24) is 0 Å². The summed E-state index contributed by atoms with van der Waals surface area (Å²) < 4.78 is 25.8. The summed E-state index contributed by atoms with van der Waals surface area (Å²) in [6.07, 6.45) is 1.90. The average molecular weight is 197 g/mol. The molecule has 14 heavy (non-hydrogen) atoms. The first-order valence-corrected chi connectivity index (χ1v) is 4.92. The number of benzene rings is 1. The molecule has 1 heterocycles. The largest absolute Gasteiger partial charge is 0.384 e. The predicted octanol–water partition coefficient (Wildman–Crippen LogP) is 2.96. The van der Waals surface area contributed by atoms with Gasteiger partial charge in [-0.05, 0) is 24.0 Å². The maximum Gasteiger partial charge on any atom is 0.160 e. The molecule has 0 aromatic heterocycles. The average Bonchev–Trinajstić information content (AvgIpc) is 2.19. The van der Waals surface area contributed by atoms with Gasteiger partial charge in [0.1, 0.15) is 0 Å². The first-order chi connectivity index (χ1) is 6.70. The highest BCUT2D eigenvalue weighted by Crippen LogP contribution is 2.28. The van der Waals surface area contributed by atoms with E-state index in [1.54, 1.807) is 0 Å². The van der Waals surface area contributed by atoms with Crippen molar-refractivity contribution < 1.29 is 8.78 Å². The van der Waals surface area contributed by atoms with Gasteiger partial charge in [-0.1, -0.05) is 13.3 Å². The van der Waals surface area contributed by atoms with Crippen LogP contribution in [0.3, 0.4) is 0 Å². The molecule has 1 unspecified atom stereocenters. The van der Waals surface area contributed by atoms with Gasteiger partial charge in [0.15, 0.2) is 11.6 Å². The Balaban J connectivity index is 2.33. The van der Waals surface area contributed by atoms with Gasteiger partial charge < -0.3 is 5.32 Å². The molecule has 0 amide bonds. The quantitative estimate of drug-likeness (QED) is 0.729. The SMILES string of the molecule is CCC1CNc2cc(F)c(F)cc2C1. The minimum atomic E-state index is -0.772. The Morgan fingerprint density at radius 2 is 2.07 bits per heavy atom. The Labute approximate surface area is 82.1 Å². The molecule has 76 valence electrons. The fourth-order valence-electron chi connectivity index (χ4n) is 1.85. The van der Waals surface area contributed by atoms with Crippen LogP contribution in [0.1, 0.15) is 18.9 Å². The van der Waals surface area contributed by atoms with E-state index in [4.69, 9.17) is 0 Å². The van der Waals surface area contributed by atoms with Gasteiger partial charge in [-0.15, -0.1) is 0 Å². The molecule has 0 fully saturated rings. The Hall–Kier alpha value is -1.12. The third kappa shape index (κ3) is 1.59. The van der Waals surface area contributed by atoms with Crippen LogP contribution in [-0.4, -0.2) is 6.54 Å². The second-order valence-corrected chi connectivity index (χ2v) is 3.78. The summed E-state index contributed by atoms with van der Waals surface area (Å²) in [6, 6.07) is 2.55. The minimum Gasteiger partial charge on any atom is -0.384 e. The van der Waals surface area contributed by atoms with Gasteiger partial charge in [0.05, 0.1) is 0 Å². The van der Waals surface area contributed by atoms with E-state index in [1.165, 1.54) is 12.1 Å². The van der Waals surface area contributed by atoms with Crippen LogP contribution in [0.25, 0.3) is 0 Å². The lowest BCUT2D eigenvalue weighted by molar-refractivity contribution is 0.491. The maximum atomic E-state index is 12.9. The van der Waals surface area contributed by atoms with Crippen LogP contribution >= 0.6 is 0 Å². The van der Waals surface area contributed by atoms with Gasteiger partial charge in [-0.3, -0.25) is 0 Å². The Morgan fingerprint density at radius 1 is 1.36 bits per heavy atom. The summed E-state index contributed by atoms with van der Waals surface area (Å²) >= 11 is 0. The van der Waals surface area contributed by atoms with Crippen molar-refractivity contribution in [2.24, 2.45) is 5.92 Å². The van der Waals surface area contributed by atoms with Gasteiger partial charge in [-0.25, -0.2) is 8.78 Å². The standard InChI is InChI=1S/C11H13F2N/c1-2-7-3-8-4-9(12)10(13)5-11(8)14-6-7/h4-5,7,14H,2-3,6H2,1H3. The minimum absolute atomic E-state index is 0.535. The van der Waals surface area contributed by atoms with E-state index in [0.717, 1.165) is 30.6 Å². The molecule has 1 nitrogen and oxygen atoms in total. The van der Waals surface area contributed by atoms with Crippen LogP contribution in [0, 0.1) is 17.6 Å². The summed E-state index contributed by atoms with van der Waals surface area (Å²) in [5.41, 5.74) is 1.63. The van der Waals surface area contributed by atoms with Crippen molar-refractivity contribution in [3.63, 3.8) is 0 Å². The highest BCUT2D eigenvalue weighted by molar-refractivity contribution is 5.53. The summed E-state index contributed by atoms with van der Waals surface area (Å²) in [5, 5.41) is 3.12. The molecular formula is C11H13F2N. The molecule has 3 heteroatoms. The molecule has 0 saturated heterocycles. The molecule has 1 aliphatic rings. The number of nitrogens with one attached hydrogen (secondary N) is 1. The molecule has 1 aliphatic heterocycles. The zero-order valence-corrected chi connectivity index (χ0v) is 8.11. The van der Waals surface area contributed by atoms with Gasteiger partial charge in [0.2, 0.25) is 0 Å². The van der Waals surface area contributed by atoms with E-state index >= 15 is 0 Å². The first kappa shape index (κ1) is 9.44. The van der Waals surface area contributed by atoms with Crippen LogP contribution in [0.15, 0.2) is 12.1 Å². The predicted molar refractivity (Wildman–Crippen MR) is 52.3 cm³/mol. The number of fused-ring (bicyclic) bond motifs is 1. The van der Waals surface area contributed by atoms with Crippen molar-refractivity contribution in [2.75, 3.05) is 11.9 Å². The zero-order chi connectivity index (χ0) is 10.1. The second-order valence-electron chi connectivity index (χ2n) is 3.78. The Kier molecular flexibility index (Phi) is 2.40. The lowest BCUT2D eigenvalue weighted by Crippen LogP contribution is -2.22. The highest BCUT2D eigenvalue weighted by Gasteiger charge is 2.18. The van der Waals surface area contributed by atoms with Crippen molar-refractivity contribution in [2.45, 2.75) is 19.8 Å². The molecule has 0 bridgehead atoms. The maximum absolute atomic E-state index is 12.9. The van der Waals surface area contributed by atoms with E-state index in [1.807, 2.05) is 0 Å². The third-order valence-corrected chi connectivity index (χ3v) is 2.81. The molecule has 2 rings (SSSR count). The summed E-state index contributed by atoms with van der Waals surface area (Å²) in [4.78, 5) is 0. The summed E-state index contributed by atoms with van der Waals surface area (Å²) in [7, 11) is 0. The lowest BCUT2D eigenvalue weighted by atomic mass is 9.92. The lowest BCUT2D eigenvalue weighted by Gasteiger charge is -2.25. The molecule has 1 atom stereocenters. The van der Waals surface area contributed by atoms with Crippen molar-refractivity contribution in [3.05, 3.63) is 29.3 Å². The molecule has 0 saturated carbocycles. The molecule has 1 N–H and O–H groups in total. The third-order valence-electron chi connectivity index (χ3n) is 2.81. The van der Waals surface area contributed by atoms with Crippen LogP contribution in [0.2, 0.25) is 0 Å². The van der Waals surface area contributed by atoms with Crippen LogP contribution in [0.4, 0.5) is 14.5 Å². The monoisotopic (exact) mass is 197 g/mol. The molecule has 0 spiro atoms. The molecule has 1 aromatic carbocycles. The Morgan fingerprint density at radius 3 is 2.79 bits per heavy atom. The number of rotatable bonds is 1. The van der Waals surface area contributed by atoms with Crippen LogP contribution in [-0.2, 0) is 6.42 Å². The zero-order valence-electron chi connectivity index (χ0n) is 8.11. The molecule has 0 radical (unpaired) electrons. The Bertz CT molecular complexity index is 349. The summed E-state index contributed by atoms with van der Waals surface area (Å²) in [6.45, 7) is 2.96. The van der Waals surface area contributed by atoms with E-state index in [2.05, 4.69) is 12.2 Å². The summed E-state index contributed by atoms with van der Waals surface area (Å²) in [5.74, 6) is -0.985. The van der Waals surface area contributed by atoms with E-state index in [-0.39, 0.29) is 0 Å². The van der Waals surface area contributed by atoms with Gasteiger partial charge in [0, 0.05) is 18.3 Å². The topological polar surface area (TPSA) is 12.0 Å². The van der Waals surface area contributed by atoms with Gasteiger partial charge in [-0.2, -0.15) is 0 Å². The van der Waals surface area contributed by atoms with Crippen molar-refractivity contribution in [1.29, 1.82) is 0 Å². The highest BCUT2D eigenvalue weighted by atomic mass is 19.2. The van der Waals surface area contributed by atoms with Crippen molar-refractivity contribution >= 4 is 5.69 Å². The number of anilines is 1. The van der Waals surface area contributed by atoms with E-state index in [9.17, 15) is 8.78 Å². The fraction of sp³-hybridized carbons (Fsp3) is 0.455. The van der Waals surface area contributed by atoms with E-state index in [0.29, 0.717) is 5.92 Å².